The van der Waals surface area contributed by atoms with Gasteiger partial charge >= 0.3 is 0 Å². The summed E-state index contributed by atoms with van der Waals surface area (Å²) >= 11 is 1.53. The number of hydrogen-bond donors (Lipinski definition) is 1. The minimum atomic E-state index is -0.100. The minimum absolute atomic E-state index is 0.100. The molecule has 0 aliphatic heterocycles. The molecule has 1 atom stereocenters. The second kappa shape index (κ2) is 5.41. The van der Waals surface area contributed by atoms with Crippen molar-refractivity contribution in [1.82, 2.24) is 14.8 Å². The molecule has 0 aliphatic carbocycles. The standard InChI is InChI=1S/C12H16N4OS/c1-8(13)11-9(17-3)5-4-6-10(11)18-12-14-7-15-16(12)2/h4-8H,13H2,1-3H3. The summed E-state index contributed by atoms with van der Waals surface area (Å²) in [5.41, 5.74) is 7.02. The van der Waals surface area contributed by atoms with E-state index < -0.39 is 0 Å². The lowest BCUT2D eigenvalue weighted by Gasteiger charge is -2.15. The van der Waals surface area contributed by atoms with Gasteiger partial charge in [0.1, 0.15) is 12.1 Å². The number of aryl methyl sites for hydroxylation is 1. The van der Waals surface area contributed by atoms with Crippen molar-refractivity contribution in [3.8, 4) is 5.75 Å². The van der Waals surface area contributed by atoms with E-state index in [9.17, 15) is 0 Å². The summed E-state index contributed by atoms with van der Waals surface area (Å²) in [4.78, 5) is 5.24. The van der Waals surface area contributed by atoms with Crippen LogP contribution in [0.25, 0.3) is 0 Å². The molecule has 18 heavy (non-hydrogen) atoms. The third-order valence-corrected chi connectivity index (χ3v) is 3.70. The van der Waals surface area contributed by atoms with Crippen LogP contribution in [0.3, 0.4) is 0 Å². The fraction of sp³-hybridized carbons (Fsp3) is 0.333. The van der Waals surface area contributed by atoms with E-state index in [-0.39, 0.29) is 6.04 Å². The van der Waals surface area contributed by atoms with Gasteiger partial charge in [-0.2, -0.15) is 5.10 Å². The molecular weight excluding hydrogens is 248 g/mol. The molecule has 1 unspecified atom stereocenters. The predicted molar refractivity (Wildman–Crippen MR) is 70.7 cm³/mol. The van der Waals surface area contributed by atoms with E-state index in [2.05, 4.69) is 10.1 Å². The zero-order valence-corrected chi connectivity index (χ0v) is 11.4. The van der Waals surface area contributed by atoms with Crippen molar-refractivity contribution >= 4 is 11.8 Å². The maximum atomic E-state index is 6.02. The third-order valence-electron chi connectivity index (χ3n) is 2.57. The largest absolute Gasteiger partial charge is 0.496 e. The maximum Gasteiger partial charge on any atom is 0.190 e. The quantitative estimate of drug-likeness (QED) is 0.915. The van der Waals surface area contributed by atoms with Crippen LogP contribution >= 0.6 is 11.8 Å². The third kappa shape index (κ3) is 2.49. The number of aromatic nitrogens is 3. The summed E-state index contributed by atoms with van der Waals surface area (Å²) < 4.78 is 7.09. The van der Waals surface area contributed by atoms with E-state index in [4.69, 9.17) is 10.5 Å². The Balaban J connectivity index is 2.41. The van der Waals surface area contributed by atoms with Crippen LogP contribution in [-0.4, -0.2) is 21.9 Å². The summed E-state index contributed by atoms with van der Waals surface area (Å²) in [7, 11) is 3.51. The van der Waals surface area contributed by atoms with Crippen LogP contribution in [0.5, 0.6) is 5.75 Å². The van der Waals surface area contributed by atoms with Crippen LogP contribution in [0.15, 0.2) is 34.6 Å². The SMILES string of the molecule is COc1cccc(Sc2ncnn2C)c1C(C)N. The van der Waals surface area contributed by atoms with Crippen LogP contribution in [0, 0.1) is 0 Å². The normalized spacial score (nSPS) is 12.4. The first-order valence-electron chi connectivity index (χ1n) is 5.57. The molecule has 0 spiro atoms. The highest BCUT2D eigenvalue weighted by Crippen LogP contribution is 2.36. The van der Waals surface area contributed by atoms with Crippen LogP contribution in [-0.2, 0) is 7.05 Å². The zero-order valence-electron chi connectivity index (χ0n) is 10.6. The van der Waals surface area contributed by atoms with E-state index in [0.717, 1.165) is 21.4 Å². The second-order valence-electron chi connectivity index (χ2n) is 3.93. The first kappa shape index (κ1) is 12.9. The highest BCUT2D eigenvalue weighted by atomic mass is 32.2. The Morgan fingerprint density at radius 3 is 2.78 bits per heavy atom. The van der Waals surface area contributed by atoms with E-state index in [0.29, 0.717) is 0 Å². The highest BCUT2D eigenvalue weighted by Gasteiger charge is 2.15. The van der Waals surface area contributed by atoms with E-state index in [1.807, 2.05) is 32.2 Å². The molecule has 0 bridgehead atoms. The summed E-state index contributed by atoms with van der Waals surface area (Å²) in [6, 6.07) is 5.78. The number of nitrogens with zero attached hydrogens (tertiary/aromatic N) is 3. The molecule has 1 heterocycles. The van der Waals surface area contributed by atoms with Crippen molar-refractivity contribution in [2.24, 2.45) is 12.8 Å². The molecule has 0 aliphatic rings. The van der Waals surface area contributed by atoms with Gasteiger partial charge in [0.15, 0.2) is 5.16 Å². The van der Waals surface area contributed by atoms with Crippen LogP contribution < -0.4 is 10.5 Å². The molecule has 0 fully saturated rings. The molecule has 0 radical (unpaired) electrons. The molecule has 1 aromatic heterocycles. The molecule has 6 heteroatoms. The van der Waals surface area contributed by atoms with E-state index >= 15 is 0 Å². The lowest BCUT2D eigenvalue weighted by atomic mass is 10.1. The number of benzene rings is 1. The Hall–Kier alpha value is -1.53. The molecule has 5 nitrogen and oxygen atoms in total. The number of ether oxygens (including phenoxy) is 1. The first-order valence-corrected chi connectivity index (χ1v) is 6.39. The van der Waals surface area contributed by atoms with Gasteiger partial charge in [0.2, 0.25) is 0 Å². The molecule has 1 aromatic carbocycles. The smallest absolute Gasteiger partial charge is 0.190 e. The van der Waals surface area contributed by atoms with Gasteiger partial charge in [-0.3, -0.25) is 0 Å². The molecular formula is C12H16N4OS. The Labute approximate surface area is 110 Å². The Kier molecular flexibility index (Phi) is 3.88. The summed E-state index contributed by atoms with van der Waals surface area (Å²) in [6.07, 6.45) is 1.54. The summed E-state index contributed by atoms with van der Waals surface area (Å²) in [5.74, 6) is 0.803. The van der Waals surface area contributed by atoms with Gasteiger partial charge in [0.25, 0.3) is 0 Å². The maximum absolute atomic E-state index is 6.02. The van der Waals surface area contributed by atoms with Gasteiger partial charge in [-0.05, 0) is 30.8 Å². The molecule has 96 valence electrons. The van der Waals surface area contributed by atoms with Crippen molar-refractivity contribution < 1.29 is 4.74 Å². The fourth-order valence-corrected chi connectivity index (χ4v) is 2.73. The topological polar surface area (TPSA) is 66.0 Å². The Morgan fingerprint density at radius 2 is 2.22 bits per heavy atom. The van der Waals surface area contributed by atoms with Gasteiger partial charge in [0, 0.05) is 23.5 Å². The Bertz CT molecular complexity index is 539. The minimum Gasteiger partial charge on any atom is -0.496 e. The molecule has 0 saturated heterocycles. The van der Waals surface area contributed by atoms with Gasteiger partial charge in [-0.25, -0.2) is 9.67 Å². The second-order valence-corrected chi connectivity index (χ2v) is 4.94. The summed E-state index contributed by atoms with van der Waals surface area (Å²) in [6.45, 7) is 1.94. The van der Waals surface area contributed by atoms with Crippen LogP contribution in [0.1, 0.15) is 18.5 Å². The molecule has 2 aromatic rings. The lowest BCUT2D eigenvalue weighted by molar-refractivity contribution is 0.405. The van der Waals surface area contributed by atoms with Crippen molar-refractivity contribution in [3.05, 3.63) is 30.1 Å². The lowest BCUT2D eigenvalue weighted by Crippen LogP contribution is -2.08. The van der Waals surface area contributed by atoms with Gasteiger partial charge in [0.05, 0.1) is 7.11 Å². The molecule has 2 N–H and O–H groups in total. The number of rotatable bonds is 4. The van der Waals surface area contributed by atoms with E-state index in [1.165, 1.54) is 18.1 Å². The molecule has 2 rings (SSSR count). The Morgan fingerprint density at radius 1 is 1.44 bits per heavy atom. The van der Waals surface area contributed by atoms with Crippen molar-refractivity contribution in [1.29, 1.82) is 0 Å². The average molecular weight is 264 g/mol. The van der Waals surface area contributed by atoms with Crippen LogP contribution in [0.4, 0.5) is 0 Å². The van der Waals surface area contributed by atoms with Crippen molar-refractivity contribution in [2.45, 2.75) is 23.0 Å². The van der Waals surface area contributed by atoms with Crippen LogP contribution in [0.2, 0.25) is 0 Å². The molecule has 0 amide bonds. The van der Waals surface area contributed by atoms with Gasteiger partial charge < -0.3 is 10.5 Å². The first-order chi connectivity index (χ1) is 8.63. The highest BCUT2D eigenvalue weighted by molar-refractivity contribution is 7.99. The zero-order chi connectivity index (χ0) is 13.1. The van der Waals surface area contributed by atoms with E-state index in [1.54, 1.807) is 11.8 Å². The fourth-order valence-electron chi connectivity index (χ4n) is 1.72. The average Bonchev–Trinajstić information content (AvgIpc) is 2.74. The van der Waals surface area contributed by atoms with Crippen molar-refractivity contribution in [3.63, 3.8) is 0 Å². The number of hydrogen-bond acceptors (Lipinski definition) is 5. The molecule has 0 saturated carbocycles. The van der Waals surface area contributed by atoms with Gasteiger partial charge in [-0.15, -0.1) is 0 Å². The number of methoxy groups -OCH3 is 1. The monoisotopic (exact) mass is 264 g/mol. The predicted octanol–water partition coefficient (Wildman–Crippen LogP) is 1.99. The van der Waals surface area contributed by atoms with Gasteiger partial charge in [-0.1, -0.05) is 6.07 Å². The number of nitrogens with two attached hydrogens (primary N) is 1. The summed E-state index contributed by atoms with van der Waals surface area (Å²) in [5, 5.41) is 4.88. The van der Waals surface area contributed by atoms with Crippen molar-refractivity contribution in [2.75, 3.05) is 7.11 Å².